The predicted octanol–water partition coefficient (Wildman–Crippen LogP) is 2.20. The van der Waals surface area contributed by atoms with E-state index in [0.717, 1.165) is 11.1 Å². The smallest absolute Gasteiger partial charge is 0.334 e. The number of aromatic nitrogens is 4. The van der Waals surface area contributed by atoms with Crippen LogP contribution in [0.5, 0.6) is 5.75 Å². The molecule has 0 saturated carbocycles. The average molecular weight is 389 g/mol. The van der Waals surface area contributed by atoms with Gasteiger partial charge in [-0.2, -0.15) is 0 Å². The van der Waals surface area contributed by atoms with E-state index in [1.54, 1.807) is 38.4 Å². The van der Waals surface area contributed by atoms with Gasteiger partial charge in [0.05, 0.1) is 12.8 Å². The molecule has 146 valence electrons. The number of imidazole rings is 1. The number of methoxy groups -OCH3 is 1. The van der Waals surface area contributed by atoms with E-state index < -0.39 is 5.91 Å². The molecular weight excluding hydrogens is 370 g/mol. The van der Waals surface area contributed by atoms with E-state index in [-0.39, 0.29) is 16.9 Å². The van der Waals surface area contributed by atoms with Crippen LogP contribution in [0.1, 0.15) is 16.1 Å². The summed E-state index contributed by atoms with van der Waals surface area (Å²) >= 11 is 0. The monoisotopic (exact) mass is 389 g/mol. The van der Waals surface area contributed by atoms with Crippen molar-refractivity contribution in [1.82, 2.24) is 19.1 Å². The van der Waals surface area contributed by atoms with Crippen LogP contribution in [0.3, 0.4) is 0 Å². The molecule has 2 aromatic carbocycles. The fraction of sp³-hybridized carbons (Fsp3) is 0.143. The summed E-state index contributed by atoms with van der Waals surface area (Å²) in [4.78, 5) is 34.3. The lowest BCUT2D eigenvalue weighted by Crippen LogP contribution is -2.21. The summed E-state index contributed by atoms with van der Waals surface area (Å²) in [7, 11) is 3.11. The first kappa shape index (κ1) is 18.4. The van der Waals surface area contributed by atoms with Crippen LogP contribution in [0.15, 0.2) is 53.3 Å². The lowest BCUT2D eigenvalue weighted by atomic mass is 10.1. The molecule has 4 aromatic rings. The standard InChI is InChI=1S/C21H19N5O3/c1-12-7-4-5-10-15(12)19-23-16(18(22)27)17-20(24-19)26(21(28)25(17)2)13-8-6-9-14(11-13)29-3/h4-11H,1-3H3,(H2,22,27). The minimum absolute atomic E-state index is 0.00509. The highest BCUT2D eigenvalue weighted by Gasteiger charge is 2.23. The quantitative estimate of drug-likeness (QED) is 0.576. The molecule has 0 aliphatic carbocycles. The fourth-order valence-corrected chi connectivity index (χ4v) is 3.34. The van der Waals surface area contributed by atoms with Crippen molar-refractivity contribution in [2.24, 2.45) is 12.8 Å². The van der Waals surface area contributed by atoms with Crippen molar-refractivity contribution in [3.63, 3.8) is 0 Å². The SMILES string of the molecule is COc1cccc(-n2c(=O)n(C)c3c(C(N)=O)nc(-c4ccccc4C)nc32)c1. The van der Waals surface area contributed by atoms with Crippen molar-refractivity contribution in [2.45, 2.75) is 6.92 Å². The molecule has 0 atom stereocenters. The van der Waals surface area contributed by atoms with Crippen LogP contribution in [0.25, 0.3) is 28.2 Å². The van der Waals surface area contributed by atoms with Crippen LogP contribution in [0.4, 0.5) is 0 Å². The van der Waals surface area contributed by atoms with E-state index >= 15 is 0 Å². The zero-order chi connectivity index (χ0) is 20.7. The van der Waals surface area contributed by atoms with Gasteiger partial charge in [-0.25, -0.2) is 19.3 Å². The van der Waals surface area contributed by atoms with Gasteiger partial charge in [0.1, 0.15) is 11.3 Å². The minimum atomic E-state index is -0.731. The number of primary amides is 1. The van der Waals surface area contributed by atoms with Gasteiger partial charge in [0.15, 0.2) is 17.2 Å². The number of carbonyl (C=O) groups excluding carboxylic acids is 1. The Morgan fingerprint density at radius 2 is 1.86 bits per heavy atom. The van der Waals surface area contributed by atoms with Crippen molar-refractivity contribution < 1.29 is 9.53 Å². The molecule has 0 aliphatic rings. The highest BCUT2D eigenvalue weighted by molar-refractivity contribution is 6.02. The number of nitrogens with two attached hydrogens (primary N) is 1. The van der Waals surface area contributed by atoms with Gasteiger partial charge >= 0.3 is 5.69 Å². The molecule has 0 saturated heterocycles. The molecule has 2 N–H and O–H groups in total. The highest BCUT2D eigenvalue weighted by Crippen LogP contribution is 2.25. The summed E-state index contributed by atoms with van der Waals surface area (Å²) in [5.74, 6) is 0.187. The van der Waals surface area contributed by atoms with Crippen LogP contribution < -0.4 is 16.2 Å². The third-order valence-corrected chi connectivity index (χ3v) is 4.82. The van der Waals surface area contributed by atoms with Crippen molar-refractivity contribution in [3.05, 3.63) is 70.3 Å². The molecule has 2 aromatic heterocycles. The number of hydrogen-bond donors (Lipinski definition) is 1. The molecule has 0 aliphatic heterocycles. The second-order valence-corrected chi connectivity index (χ2v) is 6.63. The summed E-state index contributed by atoms with van der Waals surface area (Å²) in [5, 5.41) is 0. The second kappa shape index (κ2) is 6.90. The molecule has 0 bridgehead atoms. The Labute approximate surface area is 166 Å². The van der Waals surface area contributed by atoms with E-state index in [1.165, 1.54) is 9.13 Å². The van der Waals surface area contributed by atoms with Crippen LogP contribution >= 0.6 is 0 Å². The van der Waals surface area contributed by atoms with Crippen LogP contribution in [-0.2, 0) is 7.05 Å². The van der Waals surface area contributed by atoms with E-state index in [4.69, 9.17) is 10.5 Å². The number of benzene rings is 2. The average Bonchev–Trinajstić information content (AvgIpc) is 2.98. The third-order valence-electron chi connectivity index (χ3n) is 4.82. The molecule has 2 heterocycles. The van der Waals surface area contributed by atoms with Crippen molar-refractivity contribution in [1.29, 1.82) is 0 Å². The zero-order valence-corrected chi connectivity index (χ0v) is 16.2. The number of aryl methyl sites for hydroxylation is 2. The molecule has 0 spiro atoms. The Bertz CT molecular complexity index is 1320. The summed E-state index contributed by atoms with van der Waals surface area (Å²) in [6.07, 6.45) is 0. The molecule has 0 radical (unpaired) electrons. The van der Waals surface area contributed by atoms with Gasteiger partial charge in [0.2, 0.25) is 0 Å². The number of rotatable bonds is 4. The van der Waals surface area contributed by atoms with Crippen LogP contribution in [-0.4, -0.2) is 32.1 Å². The Morgan fingerprint density at radius 3 is 2.55 bits per heavy atom. The largest absolute Gasteiger partial charge is 0.497 e. The molecule has 0 fully saturated rings. The van der Waals surface area contributed by atoms with Gasteiger partial charge in [0, 0.05) is 18.7 Å². The number of hydrogen-bond acceptors (Lipinski definition) is 5. The number of amides is 1. The molecule has 8 nitrogen and oxygen atoms in total. The van der Waals surface area contributed by atoms with E-state index in [1.807, 2.05) is 31.2 Å². The topological polar surface area (TPSA) is 105 Å². The number of ether oxygens (including phenoxy) is 1. The summed E-state index contributed by atoms with van der Waals surface area (Å²) < 4.78 is 8.03. The second-order valence-electron chi connectivity index (χ2n) is 6.63. The molecule has 8 heteroatoms. The first-order valence-electron chi connectivity index (χ1n) is 8.92. The molecule has 1 amide bonds. The van der Waals surface area contributed by atoms with E-state index in [9.17, 15) is 9.59 Å². The molecule has 0 unspecified atom stereocenters. The van der Waals surface area contributed by atoms with Gasteiger partial charge < -0.3 is 10.5 Å². The highest BCUT2D eigenvalue weighted by atomic mass is 16.5. The normalized spacial score (nSPS) is 11.0. The maximum Gasteiger partial charge on any atom is 0.334 e. The van der Waals surface area contributed by atoms with E-state index in [2.05, 4.69) is 9.97 Å². The zero-order valence-electron chi connectivity index (χ0n) is 16.2. The lowest BCUT2D eigenvalue weighted by Gasteiger charge is -2.09. The maximum atomic E-state index is 13.0. The number of nitrogens with zero attached hydrogens (tertiary/aromatic N) is 4. The Balaban J connectivity index is 2.13. The summed E-state index contributed by atoms with van der Waals surface area (Å²) in [6, 6.07) is 14.6. The van der Waals surface area contributed by atoms with Gasteiger partial charge in [-0.1, -0.05) is 30.3 Å². The van der Waals surface area contributed by atoms with Crippen molar-refractivity contribution in [2.75, 3.05) is 7.11 Å². The molecular formula is C21H19N5O3. The molecule has 4 rings (SSSR count). The Morgan fingerprint density at radius 1 is 1.10 bits per heavy atom. The lowest BCUT2D eigenvalue weighted by molar-refractivity contribution is 0.0997. The minimum Gasteiger partial charge on any atom is -0.497 e. The number of carbonyl (C=O) groups is 1. The first-order valence-corrected chi connectivity index (χ1v) is 8.92. The summed E-state index contributed by atoms with van der Waals surface area (Å²) in [5.41, 5.74) is 8.06. The van der Waals surface area contributed by atoms with Gasteiger partial charge in [-0.3, -0.25) is 9.36 Å². The van der Waals surface area contributed by atoms with Crippen molar-refractivity contribution >= 4 is 17.1 Å². The van der Waals surface area contributed by atoms with Crippen LogP contribution in [0.2, 0.25) is 0 Å². The molecule has 29 heavy (non-hydrogen) atoms. The predicted molar refractivity (Wildman–Crippen MR) is 109 cm³/mol. The van der Waals surface area contributed by atoms with Crippen LogP contribution in [0, 0.1) is 6.92 Å². The Kier molecular flexibility index (Phi) is 4.38. The first-order chi connectivity index (χ1) is 13.9. The van der Waals surface area contributed by atoms with E-state index in [0.29, 0.717) is 22.9 Å². The fourth-order valence-electron chi connectivity index (χ4n) is 3.34. The number of fused-ring (bicyclic) bond motifs is 1. The van der Waals surface area contributed by atoms with Gasteiger partial charge in [0.25, 0.3) is 5.91 Å². The maximum absolute atomic E-state index is 13.0. The third kappa shape index (κ3) is 2.94. The van der Waals surface area contributed by atoms with Crippen molar-refractivity contribution in [3.8, 4) is 22.8 Å². The Hall–Kier alpha value is -3.94. The van der Waals surface area contributed by atoms with Gasteiger partial charge in [-0.15, -0.1) is 0 Å². The summed E-state index contributed by atoms with van der Waals surface area (Å²) in [6.45, 7) is 1.92. The van der Waals surface area contributed by atoms with Gasteiger partial charge in [-0.05, 0) is 24.6 Å².